The second-order valence-corrected chi connectivity index (χ2v) is 7.06. The molecule has 0 saturated carbocycles. The van der Waals surface area contributed by atoms with E-state index in [4.69, 9.17) is 4.74 Å². The van der Waals surface area contributed by atoms with Gasteiger partial charge in [0.15, 0.2) is 6.10 Å². The standard InChI is InChI=1S/C20H22BrNO4/c1-13(8-9-15-6-4-3-5-7-15)22-19(24)14(2)26-20(25)17-12-16(21)10-11-18(17)23/h3-7,10-14,23H,8-9H2,1-2H3,(H,22,24)/t13-,14-/m1/s1. The highest BCUT2D eigenvalue weighted by Crippen LogP contribution is 2.23. The Balaban J connectivity index is 1.84. The van der Waals surface area contributed by atoms with Crippen LogP contribution in [0.5, 0.6) is 5.75 Å². The number of esters is 1. The lowest BCUT2D eigenvalue weighted by molar-refractivity contribution is -0.129. The molecule has 0 spiro atoms. The van der Waals surface area contributed by atoms with Crippen LogP contribution in [0.3, 0.4) is 0 Å². The molecule has 0 fully saturated rings. The number of phenolic OH excluding ortho intramolecular Hbond substituents is 1. The van der Waals surface area contributed by atoms with E-state index < -0.39 is 12.1 Å². The zero-order chi connectivity index (χ0) is 19.1. The van der Waals surface area contributed by atoms with Gasteiger partial charge in [-0.15, -0.1) is 0 Å². The summed E-state index contributed by atoms with van der Waals surface area (Å²) in [6.45, 7) is 3.42. The van der Waals surface area contributed by atoms with Crippen LogP contribution in [0.2, 0.25) is 0 Å². The SMILES string of the molecule is C[C@H](CCc1ccccc1)NC(=O)[C@@H](C)OC(=O)c1cc(Br)ccc1O. The van der Waals surface area contributed by atoms with Crippen molar-refractivity contribution in [3.05, 3.63) is 64.1 Å². The van der Waals surface area contributed by atoms with Gasteiger partial charge < -0.3 is 15.2 Å². The maximum Gasteiger partial charge on any atom is 0.342 e. The number of carbonyl (C=O) groups excluding carboxylic acids is 2. The van der Waals surface area contributed by atoms with Crippen LogP contribution in [0.4, 0.5) is 0 Å². The number of hydrogen-bond donors (Lipinski definition) is 2. The third-order valence-corrected chi connectivity index (χ3v) is 4.42. The van der Waals surface area contributed by atoms with E-state index in [1.807, 2.05) is 37.3 Å². The molecule has 2 aromatic carbocycles. The molecule has 2 N–H and O–H groups in total. The van der Waals surface area contributed by atoms with Crippen molar-refractivity contribution in [2.45, 2.75) is 38.8 Å². The summed E-state index contributed by atoms with van der Waals surface area (Å²) in [6.07, 6.45) is 0.672. The van der Waals surface area contributed by atoms with Crippen LogP contribution in [0.25, 0.3) is 0 Å². The highest BCUT2D eigenvalue weighted by molar-refractivity contribution is 9.10. The fourth-order valence-corrected chi connectivity index (χ4v) is 2.77. The number of amides is 1. The predicted octanol–water partition coefficient (Wildman–Crippen LogP) is 3.84. The Hall–Kier alpha value is -2.34. The Morgan fingerprint density at radius 1 is 1.15 bits per heavy atom. The molecule has 5 nitrogen and oxygen atoms in total. The molecule has 1 amide bonds. The molecule has 0 aromatic heterocycles. The minimum Gasteiger partial charge on any atom is -0.507 e. The van der Waals surface area contributed by atoms with Crippen LogP contribution in [0.15, 0.2) is 53.0 Å². The summed E-state index contributed by atoms with van der Waals surface area (Å²) in [7, 11) is 0. The van der Waals surface area contributed by atoms with E-state index in [1.54, 1.807) is 6.07 Å². The van der Waals surface area contributed by atoms with E-state index in [2.05, 4.69) is 21.2 Å². The highest BCUT2D eigenvalue weighted by atomic mass is 79.9. The van der Waals surface area contributed by atoms with Gasteiger partial charge in [-0.05, 0) is 50.5 Å². The number of aryl methyl sites for hydroxylation is 1. The van der Waals surface area contributed by atoms with Crippen molar-refractivity contribution in [3.63, 3.8) is 0 Å². The number of benzene rings is 2. The molecule has 0 aliphatic rings. The van der Waals surface area contributed by atoms with Gasteiger partial charge in [0, 0.05) is 10.5 Å². The summed E-state index contributed by atoms with van der Waals surface area (Å²) >= 11 is 3.23. The van der Waals surface area contributed by atoms with Crippen molar-refractivity contribution in [2.24, 2.45) is 0 Å². The number of aromatic hydroxyl groups is 1. The third-order valence-electron chi connectivity index (χ3n) is 3.93. The number of halogens is 1. The van der Waals surface area contributed by atoms with E-state index in [-0.39, 0.29) is 23.3 Å². The summed E-state index contributed by atoms with van der Waals surface area (Å²) in [5, 5.41) is 12.6. The van der Waals surface area contributed by atoms with Crippen LogP contribution in [-0.4, -0.2) is 29.1 Å². The summed E-state index contributed by atoms with van der Waals surface area (Å²) in [5.74, 6) is -1.31. The lowest BCUT2D eigenvalue weighted by Gasteiger charge is -2.18. The number of phenols is 1. The average molecular weight is 420 g/mol. The van der Waals surface area contributed by atoms with E-state index in [0.29, 0.717) is 4.47 Å². The van der Waals surface area contributed by atoms with E-state index >= 15 is 0 Å². The smallest absolute Gasteiger partial charge is 0.342 e. The van der Waals surface area contributed by atoms with Crippen LogP contribution >= 0.6 is 15.9 Å². The number of carbonyl (C=O) groups is 2. The first-order valence-electron chi connectivity index (χ1n) is 8.40. The van der Waals surface area contributed by atoms with Crippen molar-refractivity contribution in [3.8, 4) is 5.75 Å². The zero-order valence-electron chi connectivity index (χ0n) is 14.7. The maximum absolute atomic E-state index is 12.2. The van der Waals surface area contributed by atoms with Gasteiger partial charge in [0.25, 0.3) is 5.91 Å². The molecule has 0 unspecified atom stereocenters. The Kier molecular flexibility index (Phi) is 7.21. The lowest BCUT2D eigenvalue weighted by atomic mass is 10.1. The number of hydrogen-bond acceptors (Lipinski definition) is 4. The van der Waals surface area contributed by atoms with Crippen molar-refractivity contribution in [1.29, 1.82) is 0 Å². The molecule has 6 heteroatoms. The molecule has 0 radical (unpaired) electrons. The molecule has 0 heterocycles. The van der Waals surface area contributed by atoms with Crippen molar-refractivity contribution >= 4 is 27.8 Å². The molecule has 2 aromatic rings. The van der Waals surface area contributed by atoms with Gasteiger partial charge in [-0.25, -0.2) is 4.79 Å². The van der Waals surface area contributed by atoms with E-state index in [1.165, 1.54) is 24.6 Å². The largest absolute Gasteiger partial charge is 0.507 e. The van der Waals surface area contributed by atoms with Crippen LogP contribution in [0.1, 0.15) is 36.2 Å². The van der Waals surface area contributed by atoms with Gasteiger partial charge in [-0.1, -0.05) is 46.3 Å². The number of ether oxygens (including phenoxy) is 1. The topological polar surface area (TPSA) is 75.6 Å². The predicted molar refractivity (Wildman–Crippen MR) is 103 cm³/mol. The summed E-state index contributed by atoms with van der Waals surface area (Å²) in [5.41, 5.74) is 1.22. The molecular weight excluding hydrogens is 398 g/mol. The first-order valence-corrected chi connectivity index (χ1v) is 9.20. The first kappa shape index (κ1) is 20.0. The quantitative estimate of drug-likeness (QED) is 0.668. The Morgan fingerprint density at radius 2 is 1.85 bits per heavy atom. The Morgan fingerprint density at radius 3 is 2.54 bits per heavy atom. The Bertz CT molecular complexity index is 764. The minimum atomic E-state index is -0.958. The molecular formula is C20H22BrNO4. The van der Waals surface area contributed by atoms with Crippen LogP contribution < -0.4 is 5.32 Å². The maximum atomic E-state index is 12.2. The van der Waals surface area contributed by atoms with Gasteiger partial charge >= 0.3 is 5.97 Å². The molecule has 2 atom stereocenters. The van der Waals surface area contributed by atoms with E-state index in [9.17, 15) is 14.7 Å². The number of rotatable bonds is 7. The normalized spacial score (nSPS) is 12.9. The van der Waals surface area contributed by atoms with Gasteiger partial charge in [-0.3, -0.25) is 4.79 Å². The minimum absolute atomic E-state index is 0.0103. The third kappa shape index (κ3) is 5.88. The fraction of sp³-hybridized carbons (Fsp3) is 0.300. The summed E-state index contributed by atoms with van der Waals surface area (Å²) < 4.78 is 5.80. The van der Waals surface area contributed by atoms with Crippen molar-refractivity contribution in [2.75, 3.05) is 0 Å². The molecule has 0 aliphatic carbocycles. The Labute approximate surface area is 161 Å². The monoisotopic (exact) mass is 419 g/mol. The molecule has 2 rings (SSSR count). The van der Waals surface area contributed by atoms with Crippen molar-refractivity contribution < 1.29 is 19.4 Å². The highest BCUT2D eigenvalue weighted by Gasteiger charge is 2.22. The molecule has 0 bridgehead atoms. The van der Waals surface area contributed by atoms with E-state index in [0.717, 1.165) is 12.8 Å². The molecule has 0 saturated heterocycles. The van der Waals surface area contributed by atoms with Gasteiger partial charge in [0.05, 0.1) is 0 Å². The average Bonchev–Trinajstić information content (AvgIpc) is 2.62. The second-order valence-electron chi connectivity index (χ2n) is 6.14. The lowest BCUT2D eigenvalue weighted by Crippen LogP contribution is -2.41. The van der Waals surface area contributed by atoms with Crippen LogP contribution in [0, 0.1) is 0 Å². The molecule has 138 valence electrons. The summed E-state index contributed by atoms with van der Waals surface area (Å²) in [6, 6.07) is 14.4. The van der Waals surface area contributed by atoms with Crippen LogP contribution in [-0.2, 0) is 16.0 Å². The summed E-state index contributed by atoms with van der Waals surface area (Å²) in [4.78, 5) is 24.4. The van der Waals surface area contributed by atoms with Crippen molar-refractivity contribution in [1.82, 2.24) is 5.32 Å². The van der Waals surface area contributed by atoms with Gasteiger partial charge in [-0.2, -0.15) is 0 Å². The van der Waals surface area contributed by atoms with Gasteiger partial charge in [0.1, 0.15) is 11.3 Å². The molecule has 0 aliphatic heterocycles. The second kappa shape index (κ2) is 9.38. The molecule has 26 heavy (non-hydrogen) atoms. The number of nitrogens with one attached hydrogen (secondary N) is 1. The first-order chi connectivity index (χ1) is 12.4. The fourth-order valence-electron chi connectivity index (χ4n) is 2.41. The zero-order valence-corrected chi connectivity index (χ0v) is 16.3. The van der Waals surface area contributed by atoms with Gasteiger partial charge in [0.2, 0.25) is 0 Å².